The van der Waals surface area contributed by atoms with Gasteiger partial charge in [0.1, 0.15) is 0 Å². The van der Waals surface area contributed by atoms with Gasteiger partial charge in [-0.1, -0.05) is 31.6 Å². The molecule has 0 N–H and O–H groups in total. The maximum atomic E-state index is 10.5. The minimum atomic E-state index is -0.397. The fourth-order valence-corrected chi connectivity index (χ4v) is 1.61. The second-order valence-electron chi connectivity index (χ2n) is 4.10. The van der Waals surface area contributed by atoms with Crippen LogP contribution >= 0.6 is 11.6 Å². The van der Waals surface area contributed by atoms with E-state index in [9.17, 15) is 4.79 Å². The van der Waals surface area contributed by atoms with Gasteiger partial charge in [-0.05, 0) is 49.8 Å². The Morgan fingerprint density at radius 3 is 2.29 bits per heavy atom. The zero-order valence-corrected chi connectivity index (χ0v) is 10.1. The van der Waals surface area contributed by atoms with E-state index < -0.39 is 5.24 Å². The monoisotopic (exact) mass is 214 g/mol. The van der Waals surface area contributed by atoms with Crippen LogP contribution in [0, 0.1) is 11.8 Å². The summed E-state index contributed by atoms with van der Waals surface area (Å²) in [5.41, 5.74) is 1.34. The molecule has 0 radical (unpaired) electrons. The van der Waals surface area contributed by atoms with Crippen LogP contribution in [0.2, 0.25) is 0 Å². The van der Waals surface area contributed by atoms with Crippen LogP contribution in [0.3, 0.4) is 0 Å². The van der Waals surface area contributed by atoms with Gasteiger partial charge in [0.25, 0.3) is 0 Å². The first-order valence-electron chi connectivity index (χ1n) is 4.94. The molecule has 0 saturated heterocycles. The van der Waals surface area contributed by atoms with Crippen LogP contribution in [-0.4, -0.2) is 5.24 Å². The van der Waals surface area contributed by atoms with Crippen molar-refractivity contribution in [2.24, 2.45) is 11.8 Å². The van der Waals surface area contributed by atoms with Crippen molar-refractivity contribution in [3.63, 3.8) is 0 Å². The van der Waals surface area contributed by atoms with Gasteiger partial charge < -0.3 is 0 Å². The molecule has 14 heavy (non-hydrogen) atoms. The molecule has 0 amide bonds. The molecule has 2 heteroatoms. The molecule has 0 spiro atoms. The molecule has 0 rings (SSSR count). The summed E-state index contributed by atoms with van der Waals surface area (Å²) >= 11 is 5.21. The van der Waals surface area contributed by atoms with Gasteiger partial charge in [0.05, 0.1) is 0 Å². The van der Waals surface area contributed by atoms with Gasteiger partial charge in [-0.3, -0.25) is 4.79 Å². The zero-order chi connectivity index (χ0) is 11.1. The van der Waals surface area contributed by atoms with Crippen molar-refractivity contribution in [3.8, 4) is 0 Å². The molecule has 2 atom stereocenters. The highest BCUT2D eigenvalue weighted by Crippen LogP contribution is 2.15. The van der Waals surface area contributed by atoms with Crippen molar-refractivity contribution in [3.05, 3.63) is 23.8 Å². The standard InChI is InChI=1S/C12H19ClO/c1-9(2)7-11(4)8-10(3)5-6-12(13)14/h5-7,10-11H,8H2,1-4H3/b6-5+. The fourth-order valence-electron chi connectivity index (χ4n) is 1.54. The van der Waals surface area contributed by atoms with E-state index in [-0.39, 0.29) is 0 Å². The molecule has 0 saturated carbocycles. The van der Waals surface area contributed by atoms with Crippen LogP contribution in [0.25, 0.3) is 0 Å². The zero-order valence-electron chi connectivity index (χ0n) is 9.38. The van der Waals surface area contributed by atoms with Crippen LogP contribution in [0.15, 0.2) is 23.8 Å². The van der Waals surface area contributed by atoms with E-state index in [1.807, 2.05) is 6.08 Å². The number of halogens is 1. The SMILES string of the molecule is CC(C)=CC(C)CC(C)/C=C/C(=O)Cl. The lowest BCUT2D eigenvalue weighted by Crippen LogP contribution is -1.99. The summed E-state index contributed by atoms with van der Waals surface area (Å²) < 4.78 is 0. The predicted octanol–water partition coefficient (Wildman–Crippen LogP) is 3.94. The minimum absolute atomic E-state index is 0.392. The van der Waals surface area contributed by atoms with Crippen molar-refractivity contribution >= 4 is 16.8 Å². The topological polar surface area (TPSA) is 17.1 Å². The molecule has 0 aliphatic carbocycles. The van der Waals surface area contributed by atoms with Gasteiger partial charge in [-0.25, -0.2) is 0 Å². The Morgan fingerprint density at radius 1 is 1.29 bits per heavy atom. The van der Waals surface area contributed by atoms with E-state index in [1.54, 1.807) is 0 Å². The Balaban J connectivity index is 4.00. The highest BCUT2D eigenvalue weighted by atomic mass is 35.5. The Bertz CT molecular complexity index is 237. The Morgan fingerprint density at radius 2 is 1.86 bits per heavy atom. The largest absolute Gasteiger partial charge is 0.276 e. The quantitative estimate of drug-likeness (QED) is 0.385. The molecule has 0 heterocycles. The normalized spacial score (nSPS) is 15.2. The number of rotatable bonds is 5. The van der Waals surface area contributed by atoms with E-state index >= 15 is 0 Å². The summed E-state index contributed by atoms with van der Waals surface area (Å²) in [6.45, 7) is 8.46. The molecular formula is C12H19ClO. The van der Waals surface area contributed by atoms with E-state index in [2.05, 4.69) is 33.8 Å². The van der Waals surface area contributed by atoms with E-state index in [0.29, 0.717) is 11.8 Å². The third-order valence-corrected chi connectivity index (χ3v) is 2.04. The van der Waals surface area contributed by atoms with Gasteiger partial charge in [-0.15, -0.1) is 0 Å². The Labute approximate surface area is 91.8 Å². The summed E-state index contributed by atoms with van der Waals surface area (Å²) in [6.07, 6.45) is 6.59. The number of carbonyl (C=O) groups is 1. The van der Waals surface area contributed by atoms with Crippen molar-refractivity contribution in [2.45, 2.75) is 34.1 Å². The highest BCUT2D eigenvalue weighted by Gasteiger charge is 2.03. The van der Waals surface area contributed by atoms with Crippen LogP contribution in [0.1, 0.15) is 34.1 Å². The molecule has 0 aliphatic heterocycles. The lowest BCUT2D eigenvalue weighted by Gasteiger charge is -2.10. The Hall–Kier alpha value is -0.560. The lowest BCUT2D eigenvalue weighted by atomic mass is 9.95. The highest BCUT2D eigenvalue weighted by molar-refractivity contribution is 6.66. The molecule has 0 aromatic rings. The molecule has 0 aromatic carbocycles. The van der Waals surface area contributed by atoms with Crippen molar-refractivity contribution in [1.29, 1.82) is 0 Å². The van der Waals surface area contributed by atoms with Crippen molar-refractivity contribution in [2.75, 3.05) is 0 Å². The van der Waals surface area contributed by atoms with Crippen molar-refractivity contribution < 1.29 is 4.79 Å². The maximum Gasteiger partial charge on any atom is 0.244 e. The third kappa shape index (κ3) is 8.06. The van der Waals surface area contributed by atoms with Crippen LogP contribution in [0.4, 0.5) is 0 Å². The second kappa shape index (κ2) is 6.83. The first-order chi connectivity index (χ1) is 6.41. The molecule has 0 bridgehead atoms. The van der Waals surface area contributed by atoms with E-state index in [4.69, 9.17) is 11.6 Å². The molecule has 0 aromatic heterocycles. The third-order valence-electron chi connectivity index (χ3n) is 1.92. The first-order valence-corrected chi connectivity index (χ1v) is 5.32. The number of carbonyl (C=O) groups excluding carboxylic acids is 1. The van der Waals surface area contributed by atoms with E-state index in [1.165, 1.54) is 11.6 Å². The summed E-state index contributed by atoms with van der Waals surface area (Å²) in [4.78, 5) is 10.5. The average Bonchev–Trinajstić information content (AvgIpc) is 1.98. The van der Waals surface area contributed by atoms with Crippen molar-refractivity contribution in [1.82, 2.24) is 0 Å². The molecule has 0 fully saturated rings. The lowest BCUT2D eigenvalue weighted by molar-refractivity contribution is -0.107. The van der Waals surface area contributed by atoms with Crippen LogP contribution in [0.5, 0.6) is 0 Å². The first kappa shape index (κ1) is 13.4. The van der Waals surface area contributed by atoms with E-state index in [0.717, 1.165) is 6.42 Å². The minimum Gasteiger partial charge on any atom is -0.276 e. The summed E-state index contributed by atoms with van der Waals surface area (Å²) in [5.74, 6) is 0.938. The predicted molar refractivity (Wildman–Crippen MR) is 62.4 cm³/mol. The number of allylic oxidation sites excluding steroid dienone is 4. The van der Waals surface area contributed by atoms with Gasteiger partial charge in [-0.2, -0.15) is 0 Å². The number of hydrogen-bond acceptors (Lipinski definition) is 1. The number of hydrogen-bond donors (Lipinski definition) is 0. The summed E-state index contributed by atoms with van der Waals surface area (Å²) in [5, 5.41) is -0.397. The van der Waals surface area contributed by atoms with Gasteiger partial charge in [0, 0.05) is 0 Å². The molecule has 2 unspecified atom stereocenters. The van der Waals surface area contributed by atoms with Gasteiger partial charge in [0.2, 0.25) is 5.24 Å². The molecule has 0 aliphatic rings. The van der Waals surface area contributed by atoms with Gasteiger partial charge >= 0.3 is 0 Å². The smallest absolute Gasteiger partial charge is 0.244 e. The Kier molecular flexibility index (Phi) is 6.56. The second-order valence-corrected chi connectivity index (χ2v) is 4.47. The van der Waals surface area contributed by atoms with Gasteiger partial charge in [0.15, 0.2) is 0 Å². The average molecular weight is 215 g/mol. The fraction of sp³-hybridized carbons (Fsp3) is 0.583. The molecular weight excluding hydrogens is 196 g/mol. The summed E-state index contributed by atoms with van der Waals surface area (Å²) in [7, 11) is 0. The molecule has 80 valence electrons. The molecule has 1 nitrogen and oxygen atoms in total. The van der Waals surface area contributed by atoms with Crippen LogP contribution < -0.4 is 0 Å². The maximum absolute atomic E-state index is 10.5. The van der Waals surface area contributed by atoms with Crippen LogP contribution in [-0.2, 0) is 4.79 Å². The summed E-state index contributed by atoms with van der Waals surface area (Å²) in [6, 6.07) is 0.